The topological polar surface area (TPSA) is 88.3 Å². The zero-order chi connectivity index (χ0) is 18.0. The average Bonchev–Trinajstić information content (AvgIpc) is 2.97. The maximum absolute atomic E-state index is 12.7. The van der Waals surface area contributed by atoms with Crippen LogP contribution < -0.4 is 5.32 Å². The Morgan fingerprint density at radius 3 is 2.56 bits per heavy atom. The van der Waals surface area contributed by atoms with Gasteiger partial charge in [-0.1, -0.05) is 30.3 Å². The molecule has 6 heteroatoms. The first-order valence-electron chi connectivity index (χ1n) is 8.21. The molecule has 1 aliphatic rings. The predicted octanol–water partition coefficient (Wildman–Crippen LogP) is 2.49. The molecule has 1 aliphatic carbocycles. The fraction of sp³-hybridized carbons (Fsp3) is 0.316. The molecule has 3 rings (SSSR count). The Morgan fingerprint density at radius 1 is 1.20 bits per heavy atom. The molecule has 0 spiro atoms. The minimum Gasteiger partial charge on any atom is -0.467 e. The quantitative estimate of drug-likeness (QED) is 0.837. The summed E-state index contributed by atoms with van der Waals surface area (Å²) in [6, 6.07) is 7.99. The highest BCUT2D eigenvalue weighted by molar-refractivity contribution is 6.04. The second-order valence-corrected chi connectivity index (χ2v) is 6.10. The summed E-state index contributed by atoms with van der Waals surface area (Å²) in [5.41, 5.74) is 3.01. The second-order valence-electron chi connectivity index (χ2n) is 6.10. The first-order valence-corrected chi connectivity index (χ1v) is 8.21. The first kappa shape index (κ1) is 17.0. The van der Waals surface area contributed by atoms with E-state index in [0.29, 0.717) is 28.8 Å². The molecule has 1 heterocycles. The molecule has 0 fully saturated rings. The number of ether oxygens (including phenoxy) is 1. The Kier molecular flexibility index (Phi) is 4.70. The van der Waals surface area contributed by atoms with Crippen LogP contribution in [0.1, 0.15) is 56.6 Å². The van der Waals surface area contributed by atoms with Gasteiger partial charge in [-0.25, -0.2) is 4.79 Å². The third-order valence-corrected chi connectivity index (χ3v) is 4.51. The molecular weight excluding hydrogens is 320 g/mol. The van der Waals surface area contributed by atoms with E-state index in [4.69, 9.17) is 4.74 Å². The number of hydrogen-bond acceptors (Lipinski definition) is 4. The predicted molar refractivity (Wildman–Crippen MR) is 91.5 cm³/mol. The SMILES string of the molecule is COC(=O)[C@H](NC(=O)c1[nH]c2c(c1C)C(=O)CCC2)c1ccccc1. The van der Waals surface area contributed by atoms with Gasteiger partial charge in [0, 0.05) is 17.7 Å². The van der Waals surface area contributed by atoms with Crippen LogP contribution in [-0.4, -0.2) is 29.8 Å². The number of Topliss-reactive ketones (excluding diaryl/α,β-unsaturated/α-hetero) is 1. The molecule has 0 bridgehead atoms. The van der Waals surface area contributed by atoms with Crippen molar-refractivity contribution < 1.29 is 19.1 Å². The van der Waals surface area contributed by atoms with Crippen LogP contribution >= 0.6 is 0 Å². The molecule has 0 saturated carbocycles. The van der Waals surface area contributed by atoms with Gasteiger partial charge in [-0.2, -0.15) is 0 Å². The van der Waals surface area contributed by atoms with Gasteiger partial charge in [-0.15, -0.1) is 0 Å². The minimum atomic E-state index is -0.908. The van der Waals surface area contributed by atoms with Crippen LogP contribution in [0.5, 0.6) is 0 Å². The number of aromatic amines is 1. The summed E-state index contributed by atoms with van der Waals surface area (Å²) in [5, 5.41) is 2.71. The van der Waals surface area contributed by atoms with Crippen LogP contribution in [-0.2, 0) is 16.0 Å². The third-order valence-electron chi connectivity index (χ3n) is 4.51. The number of esters is 1. The smallest absolute Gasteiger partial charge is 0.333 e. The number of benzene rings is 1. The van der Waals surface area contributed by atoms with Gasteiger partial charge in [-0.3, -0.25) is 9.59 Å². The Labute approximate surface area is 145 Å². The molecule has 0 saturated heterocycles. The van der Waals surface area contributed by atoms with Crippen LogP contribution in [0.3, 0.4) is 0 Å². The third kappa shape index (κ3) is 3.20. The zero-order valence-electron chi connectivity index (χ0n) is 14.2. The highest BCUT2D eigenvalue weighted by atomic mass is 16.5. The van der Waals surface area contributed by atoms with Crippen molar-refractivity contribution in [3.63, 3.8) is 0 Å². The number of rotatable bonds is 4. The number of carbonyl (C=O) groups is 3. The van der Waals surface area contributed by atoms with Gasteiger partial charge in [0.15, 0.2) is 11.8 Å². The molecule has 1 aromatic carbocycles. The molecule has 6 nitrogen and oxygen atoms in total. The number of ketones is 1. The van der Waals surface area contributed by atoms with Crippen molar-refractivity contribution in [3.8, 4) is 0 Å². The minimum absolute atomic E-state index is 0.0571. The van der Waals surface area contributed by atoms with Gasteiger partial charge in [0.1, 0.15) is 5.69 Å². The molecule has 2 aromatic rings. The van der Waals surface area contributed by atoms with Gasteiger partial charge in [0.2, 0.25) is 0 Å². The molecule has 25 heavy (non-hydrogen) atoms. The molecule has 0 aliphatic heterocycles. The summed E-state index contributed by atoms with van der Waals surface area (Å²) in [5.74, 6) is -0.926. The Balaban J connectivity index is 1.90. The van der Waals surface area contributed by atoms with E-state index in [1.807, 2.05) is 6.07 Å². The molecule has 0 radical (unpaired) electrons. The highest BCUT2D eigenvalue weighted by Crippen LogP contribution is 2.27. The number of methoxy groups -OCH3 is 1. The zero-order valence-corrected chi connectivity index (χ0v) is 14.2. The fourth-order valence-electron chi connectivity index (χ4n) is 3.25. The monoisotopic (exact) mass is 340 g/mol. The summed E-state index contributed by atoms with van der Waals surface area (Å²) in [6.07, 6.45) is 2.03. The van der Waals surface area contributed by atoms with Crippen LogP contribution in [0.15, 0.2) is 30.3 Å². The normalized spacial score (nSPS) is 14.6. The van der Waals surface area contributed by atoms with E-state index in [-0.39, 0.29) is 5.78 Å². The average molecular weight is 340 g/mol. The second kappa shape index (κ2) is 6.93. The maximum Gasteiger partial charge on any atom is 0.333 e. The van der Waals surface area contributed by atoms with Crippen molar-refractivity contribution in [2.45, 2.75) is 32.2 Å². The molecule has 2 N–H and O–H groups in total. The fourth-order valence-corrected chi connectivity index (χ4v) is 3.25. The Morgan fingerprint density at radius 2 is 1.92 bits per heavy atom. The Hall–Kier alpha value is -2.89. The van der Waals surface area contributed by atoms with Crippen molar-refractivity contribution in [3.05, 3.63) is 58.4 Å². The van der Waals surface area contributed by atoms with E-state index in [1.165, 1.54) is 7.11 Å². The summed E-state index contributed by atoms with van der Waals surface area (Å²) in [6.45, 7) is 1.75. The lowest BCUT2D eigenvalue weighted by Gasteiger charge is -2.16. The van der Waals surface area contributed by atoms with Crippen molar-refractivity contribution in [2.75, 3.05) is 7.11 Å². The number of amides is 1. The van der Waals surface area contributed by atoms with Gasteiger partial charge in [0.25, 0.3) is 5.91 Å². The number of hydrogen-bond donors (Lipinski definition) is 2. The number of aromatic nitrogens is 1. The van der Waals surface area contributed by atoms with Gasteiger partial charge in [0.05, 0.1) is 7.11 Å². The summed E-state index contributed by atoms with van der Waals surface area (Å²) >= 11 is 0. The van der Waals surface area contributed by atoms with Crippen molar-refractivity contribution in [1.29, 1.82) is 0 Å². The molecule has 130 valence electrons. The molecular formula is C19H20N2O4. The molecule has 0 unspecified atom stereocenters. The lowest BCUT2D eigenvalue weighted by Crippen LogP contribution is -2.35. The van der Waals surface area contributed by atoms with E-state index < -0.39 is 17.9 Å². The van der Waals surface area contributed by atoms with E-state index in [9.17, 15) is 14.4 Å². The molecule has 1 amide bonds. The lowest BCUT2D eigenvalue weighted by molar-refractivity contribution is -0.143. The van der Waals surface area contributed by atoms with Gasteiger partial charge in [-0.05, 0) is 30.9 Å². The molecule has 1 atom stereocenters. The number of H-pyrrole nitrogens is 1. The highest BCUT2D eigenvalue weighted by Gasteiger charge is 2.29. The molecule has 1 aromatic heterocycles. The largest absolute Gasteiger partial charge is 0.467 e. The number of carbonyl (C=O) groups excluding carboxylic acids is 3. The van der Waals surface area contributed by atoms with Crippen LogP contribution in [0.2, 0.25) is 0 Å². The first-order chi connectivity index (χ1) is 12.0. The number of nitrogens with one attached hydrogen (secondary N) is 2. The maximum atomic E-state index is 12.7. The van der Waals surface area contributed by atoms with Crippen molar-refractivity contribution in [1.82, 2.24) is 10.3 Å². The van der Waals surface area contributed by atoms with Crippen molar-refractivity contribution >= 4 is 17.7 Å². The van der Waals surface area contributed by atoms with Gasteiger partial charge >= 0.3 is 5.97 Å². The van der Waals surface area contributed by atoms with E-state index in [2.05, 4.69) is 10.3 Å². The van der Waals surface area contributed by atoms with Crippen molar-refractivity contribution in [2.24, 2.45) is 0 Å². The summed E-state index contributed by atoms with van der Waals surface area (Å²) in [4.78, 5) is 40.0. The number of fused-ring (bicyclic) bond motifs is 1. The summed E-state index contributed by atoms with van der Waals surface area (Å²) in [7, 11) is 1.28. The van der Waals surface area contributed by atoms with Crippen LogP contribution in [0.25, 0.3) is 0 Å². The summed E-state index contributed by atoms with van der Waals surface area (Å²) < 4.78 is 4.81. The van der Waals surface area contributed by atoms with E-state index in [1.54, 1.807) is 31.2 Å². The van der Waals surface area contributed by atoms with Crippen LogP contribution in [0.4, 0.5) is 0 Å². The van der Waals surface area contributed by atoms with E-state index >= 15 is 0 Å². The lowest BCUT2D eigenvalue weighted by atomic mass is 9.94. The van der Waals surface area contributed by atoms with Gasteiger partial charge < -0.3 is 15.0 Å². The van der Waals surface area contributed by atoms with Crippen LogP contribution in [0, 0.1) is 6.92 Å². The Bertz CT molecular complexity index is 823. The number of aryl methyl sites for hydroxylation is 1. The van der Waals surface area contributed by atoms with E-state index in [0.717, 1.165) is 18.5 Å². The standard InChI is InChI=1S/C19H20N2O4/c1-11-15-13(9-6-10-14(15)22)20-16(11)18(23)21-17(19(24)25-2)12-7-4-3-5-8-12/h3-5,7-8,17,20H,6,9-10H2,1-2H3,(H,21,23)/t17-/m1/s1.